The number of hydrogen-bond acceptors (Lipinski definition) is 6. The molecule has 2 aromatic rings. The third-order valence-corrected chi connectivity index (χ3v) is 4.53. The Kier molecular flexibility index (Phi) is 6.32. The molecule has 160 valence electrons. The monoisotopic (exact) mass is 426 g/mol. The molecule has 2 aromatic heterocycles. The van der Waals surface area contributed by atoms with Crippen molar-refractivity contribution in [3.8, 4) is 0 Å². The minimum atomic E-state index is -4.51. The van der Waals surface area contributed by atoms with Crippen molar-refractivity contribution in [3.05, 3.63) is 59.2 Å². The number of hydrogen-bond donors (Lipinski definition) is 3. The summed E-state index contributed by atoms with van der Waals surface area (Å²) in [6, 6.07) is 2.98. The van der Waals surface area contributed by atoms with E-state index in [0.29, 0.717) is 11.8 Å². The zero-order valence-corrected chi connectivity index (χ0v) is 15.5. The lowest BCUT2D eigenvalue weighted by molar-refractivity contribution is -0.137. The molecule has 1 atom stereocenters. The fourth-order valence-corrected chi connectivity index (χ4v) is 2.87. The molecule has 0 bridgehead atoms. The van der Waals surface area contributed by atoms with Crippen LogP contribution in [0.5, 0.6) is 0 Å². The van der Waals surface area contributed by atoms with E-state index in [4.69, 9.17) is 5.11 Å². The van der Waals surface area contributed by atoms with Crippen molar-refractivity contribution in [1.29, 1.82) is 0 Å². The molecule has 1 aliphatic rings. The molecule has 0 spiro atoms. The predicted octanol–water partition coefficient (Wildman–Crippen LogP) is 2.44. The van der Waals surface area contributed by atoms with E-state index in [1.54, 1.807) is 11.0 Å². The van der Waals surface area contributed by atoms with Crippen molar-refractivity contribution >= 4 is 17.5 Å². The third-order valence-electron chi connectivity index (χ3n) is 4.53. The maximum absolute atomic E-state index is 14.3. The van der Waals surface area contributed by atoms with E-state index < -0.39 is 36.2 Å². The Morgan fingerprint density at radius 3 is 2.57 bits per heavy atom. The number of alkyl halides is 3. The van der Waals surface area contributed by atoms with Crippen molar-refractivity contribution in [1.82, 2.24) is 9.97 Å². The van der Waals surface area contributed by atoms with Crippen LogP contribution < -0.4 is 10.2 Å². The lowest BCUT2D eigenvalue weighted by atomic mass is 10.1. The Morgan fingerprint density at radius 1 is 1.27 bits per heavy atom. The van der Waals surface area contributed by atoms with Gasteiger partial charge in [-0.2, -0.15) is 13.2 Å². The number of amides is 1. The minimum absolute atomic E-state index is 0.0120. The summed E-state index contributed by atoms with van der Waals surface area (Å²) in [5.74, 6) is -1.14. The van der Waals surface area contributed by atoms with Crippen molar-refractivity contribution in [2.24, 2.45) is 0 Å². The molecule has 1 amide bonds. The Labute approximate surface area is 168 Å². The van der Waals surface area contributed by atoms with Gasteiger partial charge >= 0.3 is 6.18 Å². The standard InChI is InChI=1S/C19H18F4N4O3/c20-14-7-12(15(29)10-28)8-25-17(14)27-5-3-11(4-6-27)18(30)26-16-2-1-13(9-24-16)19(21,22)23/h1-3,7-9,15,28-29H,4-6,10H2,(H,24,26,30)/t15-/m0/s1. The molecule has 0 aliphatic carbocycles. The summed E-state index contributed by atoms with van der Waals surface area (Å²) >= 11 is 0. The highest BCUT2D eigenvalue weighted by molar-refractivity contribution is 6.03. The van der Waals surface area contributed by atoms with Gasteiger partial charge in [0.05, 0.1) is 12.2 Å². The lowest BCUT2D eigenvalue weighted by Gasteiger charge is -2.27. The first-order valence-electron chi connectivity index (χ1n) is 8.92. The van der Waals surface area contributed by atoms with Gasteiger partial charge in [-0.25, -0.2) is 14.4 Å². The number of pyridine rings is 2. The second kappa shape index (κ2) is 8.76. The van der Waals surface area contributed by atoms with E-state index in [1.165, 1.54) is 6.20 Å². The van der Waals surface area contributed by atoms with Crippen LogP contribution in [0.25, 0.3) is 0 Å². The van der Waals surface area contributed by atoms with Gasteiger partial charge in [-0.15, -0.1) is 0 Å². The second-order valence-electron chi connectivity index (χ2n) is 6.58. The van der Waals surface area contributed by atoms with Gasteiger partial charge in [0.15, 0.2) is 11.6 Å². The first-order chi connectivity index (χ1) is 14.2. The molecule has 7 nitrogen and oxygen atoms in total. The molecule has 3 rings (SSSR count). The second-order valence-corrected chi connectivity index (χ2v) is 6.58. The molecule has 0 aromatic carbocycles. The lowest BCUT2D eigenvalue weighted by Crippen LogP contribution is -2.32. The molecule has 3 heterocycles. The van der Waals surface area contributed by atoms with Gasteiger partial charge in [0.1, 0.15) is 11.9 Å². The zero-order chi connectivity index (χ0) is 21.9. The Hall–Kier alpha value is -3.05. The molecular formula is C19H18F4N4O3. The van der Waals surface area contributed by atoms with Gasteiger partial charge in [-0.05, 0) is 24.6 Å². The first-order valence-corrected chi connectivity index (χ1v) is 8.92. The Bertz CT molecular complexity index is 948. The zero-order valence-electron chi connectivity index (χ0n) is 15.5. The van der Waals surface area contributed by atoms with E-state index in [2.05, 4.69) is 15.3 Å². The highest BCUT2D eigenvalue weighted by Crippen LogP contribution is 2.29. The summed E-state index contributed by atoms with van der Waals surface area (Å²) in [4.78, 5) is 21.5. The fraction of sp³-hybridized carbons (Fsp3) is 0.316. The van der Waals surface area contributed by atoms with Crippen LogP contribution in [-0.4, -0.2) is 45.8 Å². The smallest absolute Gasteiger partial charge is 0.393 e. The number of halogens is 4. The number of carbonyl (C=O) groups excluding carboxylic acids is 1. The van der Waals surface area contributed by atoms with Crippen molar-refractivity contribution in [2.45, 2.75) is 18.7 Å². The number of anilines is 2. The molecule has 1 aliphatic heterocycles. The van der Waals surface area contributed by atoms with Gasteiger partial charge in [0.25, 0.3) is 5.91 Å². The molecule has 0 saturated heterocycles. The van der Waals surface area contributed by atoms with E-state index in [1.807, 2.05) is 0 Å². The first kappa shape index (κ1) is 21.7. The van der Waals surface area contributed by atoms with Crippen LogP contribution in [-0.2, 0) is 11.0 Å². The van der Waals surface area contributed by atoms with E-state index >= 15 is 0 Å². The number of aromatic nitrogens is 2. The Balaban J connectivity index is 1.63. The van der Waals surface area contributed by atoms with E-state index in [-0.39, 0.29) is 36.7 Å². The highest BCUT2D eigenvalue weighted by atomic mass is 19.4. The van der Waals surface area contributed by atoms with Gasteiger partial charge in [0, 0.05) is 36.6 Å². The average molecular weight is 426 g/mol. The summed E-state index contributed by atoms with van der Waals surface area (Å²) < 4.78 is 52.0. The molecular weight excluding hydrogens is 408 g/mol. The fourth-order valence-electron chi connectivity index (χ4n) is 2.87. The van der Waals surface area contributed by atoms with Crippen LogP contribution in [0.2, 0.25) is 0 Å². The van der Waals surface area contributed by atoms with E-state index in [0.717, 1.165) is 18.2 Å². The van der Waals surface area contributed by atoms with Crippen molar-refractivity contribution in [3.63, 3.8) is 0 Å². The topological polar surface area (TPSA) is 98.6 Å². The van der Waals surface area contributed by atoms with Crippen molar-refractivity contribution in [2.75, 3.05) is 29.9 Å². The molecule has 0 saturated carbocycles. The molecule has 30 heavy (non-hydrogen) atoms. The van der Waals surface area contributed by atoms with Gasteiger partial charge in [-0.3, -0.25) is 4.79 Å². The average Bonchev–Trinajstić information content (AvgIpc) is 2.73. The van der Waals surface area contributed by atoms with Crippen molar-refractivity contribution < 1.29 is 32.6 Å². The van der Waals surface area contributed by atoms with Crippen LogP contribution in [0.4, 0.5) is 29.2 Å². The largest absolute Gasteiger partial charge is 0.417 e. The molecule has 3 N–H and O–H groups in total. The van der Waals surface area contributed by atoms with Crippen LogP contribution in [0.3, 0.4) is 0 Å². The number of aliphatic hydroxyl groups excluding tert-OH is 2. The quantitative estimate of drug-likeness (QED) is 0.636. The summed E-state index contributed by atoms with van der Waals surface area (Å²) in [7, 11) is 0. The maximum Gasteiger partial charge on any atom is 0.417 e. The molecule has 0 unspecified atom stereocenters. The Morgan fingerprint density at radius 2 is 2.03 bits per heavy atom. The predicted molar refractivity (Wildman–Crippen MR) is 99.0 cm³/mol. The number of aliphatic hydroxyl groups is 2. The number of rotatable bonds is 5. The minimum Gasteiger partial charge on any atom is -0.393 e. The normalized spacial score (nSPS) is 15.5. The molecule has 11 heteroatoms. The SMILES string of the molecule is O=C(Nc1ccc(C(F)(F)F)cn1)C1=CCN(c2ncc([C@@H](O)CO)cc2F)CC1. The van der Waals surface area contributed by atoms with Gasteiger partial charge in [0.2, 0.25) is 0 Å². The molecule has 0 radical (unpaired) electrons. The van der Waals surface area contributed by atoms with E-state index in [9.17, 15) is 27.5 Å². The number of carbonyl (C=O) groups is 1. The molecule has 0 fully saturated rings. The van der Waals surface area contributed by atoms with Crippen LogP contribution in [0.1, 0.15) is 23.7 Å². The highest BCUT2D eigenvalue weighted by Gasteiger charge is 2.30. The van der Waals surface area contributed by atoms with Crippen LogP contribution >= 0.6 is 0 Å². The third kappa shape index (κ3) is 4.92. The van der Waals surface area contributed by atoms with Gasteiger partial charge < -0.3 is 20.4 Å². The summed E-state index contributed by atoms with van der Waals surface area (Å²) in [6.45, 7) is -0.0836. The van der Waals surface area contributed by atoms with Crippen LogP contribution in [0.15, 0.2) is 42.2 Å². The summed E-state index contributed by atoms with van der Waals surface area (Å²) in [5.41, 5.74) is -0.379. The number of nitrogens with one attached hydrogen (secondary N) is 1. The van der Waals surface area contributed by atoms with Crippen LogP contribution in [0, 0.1) is 5.82 Å². The number of nitrogens with zero attached hydrogens (tertiary/aromatic N) is 3. The van der Waals surface area contributed by atoms with Gasteiger partial charge in [-0.1, -0.05) is 6.08 Å². The summed E-state index contributed by atoms with van der Waals surface area (Å²) in [5, 5.41) is 20.9. The summed E-state index contributed by atoms with van der Waals surface area (Å²) in [6.07, 6.45) is -2.01. The maximum atomic E-state index is 14.3.